The maximum absolute atomic E-state index is 10.6. The second-order valence-corrected chi connectivity index (χ2v) is 9.22. The van der Waals surface area contributed by atoms with E-state index in [1.165, 1.54) is 22.1 Å². The summed E-state index contributed by atoms with van der Waals surface area (Å²) in [5.41, 5.74) is 5.00. The molecule has 0 aliphatic carbocycles. The first-order valence-corrected chi connectivity index (χ1v) is 10.8. The van der Waals surface area contributed by atoms with Crippen LogP contribution in [0.25, 0.3) is 0 Å². The Bertz CT molecular complexity index is 739. The van der Waals surface area contributed by atoms with Crippen LogP contribution in [-0.4, -0.2) is 18.2 Å². The summed E-state index contributed by atoms with van der Waals surface area (Å²) in [4.78, 5) is 2.44. The highest BCUT2D eigenvalue weighted by Crippen LogP contribution is 2.49. The SMILES string of the molecule is CCCC(C)(Pc1c(C)cccc1N(CC)CC)c1cc(C)ccc1O. The van der Waals surface area contributed by atoms with Gasteiger partial charge in [-0.15, -0.1) is 0 Å². The number of nitrogens with zero attached hydrogens (tertiary/aromatic N) is 1. The van der Waals surface area contributed by atoms with Crippen LogP contribution < -0.4 is 10.2 Å². The fourth-order valence-corrected chi connectivity index (χ4v) is 5.69. The van der Waals surface area contributed by atoms with Gasteiger partial charge in [-0.05, 0) is 57.1 Å². The van der Waals surface area contributed by atoms with Crippen molar-refractivity contribution < 1.29 is 5.11 Å². The molecule has 0 fully saturated rings. The summed E-state index contributed by atoms with van der Waals surface area (Å²) in [5.74, 6) is 0.428. The van der Waals surface area contributed by atoms with Gasteiger partial charge in [-0.1, -0.05) is 58.7 Å². The summed E-state index contributed by atoms with van der Waals surface area (Å²) in [7, 11) is 0.620. The first kappa shape index (κ1) is 20.8. The molecule has 2 nitrogen and oxygen atoms in total. The molecule has 0 amide bonds. The van der Waals surface area contributed by atoms with Gasteiger partial charge >= 0.3 is 0 Å². The molecule has 0 saturated heterocycles. The Labute approximate surface area is 161 Å². The van der Waals surface area contributed by atoms with Gasteiger partial charge in [-0.2, -0.15) is 0 Å². The van der Waals surface area contributed by atoms with Crippen LogP contribution in [0.5, 0.6) is 5.75 Å². The highest BCUT2D eigenvalue weighted by atomic mass is 31.1. The van der Waals surface area contributed by atoms with E-state index in [9.17, 15) is 5.11 Å². The molecule has 0 bridgehead atoms. The number of aryl methyl sites for hydroxylation is 2. The molecule has 2 rings (SSSR count). The molecule has 0 saturated carbocycles. The van der Waals surface area contributed by atoms with Crippen molar-refractivity contribution in [3.05, 3.63) is 53.1 Å². The largest absolute Gasteiger partial charge is 0.508 e. The zero-order chi connectivity index (χ0) is 19.3. The molecule has 0 aliphatic heterocycles. The normalized spacial score (nSPS) is 13.9. The quantitative estimate of drug-likeness (QED) is 0.586. The molecule has 1 N–H and O–H groups in total. The molecule has 0 aliphatic rings. The van der Waals surface area contributed by atoms with Gasteiger partial charge < -0.3 is 10.0 Å². The maximum Gasteiger partial charge on any atom is 0.119 e. The molecule has 2 aromatic carbocycles. The highest BCUT2D eigenvalue weighted by molar-refractivity contribution is 7.49. The lowest BCUT2D eigenvalue weighted by atomic mass is 9.93. The van der Waals surface area contributed by atoms with Crippen molar-refractivity contribution in [1.29, 1.82) is 0 Å². The average Bonchev–Trinajstić information content (AvgIpc) is 2.61. The average molecular weight is 372 g/mol. The minimum absolute atomic E-state index is 0.0567. The Hall–Kier alpha value is -1.53. The van der Waals surface area contributed by atoms with Gasteiger partial charge in [-0.25, -0.2) is 0 Å². The fraction of sp³-hybridized carbons (Fsp3) is 0.478. The fourth-order valence-electron chi connectivity index (χ4n) is 3.77. The van der Waals surface area contributed by atoms with Gasteiger partial charge in [0.1, 0.15) is 5.75 Å². The number of hydrogen-bond donors (Lipinski definition) is 1. The molecule has 142 valence electrons. The van der Waals surface area contributed by atoms with Gasteiger partial charge in [0.05, 0.1) is 0 Å². The zero-order valence-electron chi connectivity index (χ0n) is 17.2. The Kier molecular flexibility index (Phi) is 7.12. The van der Waals surface area contributed by atoms with Crippen LogP contribution in [-0.2, 0) is 5.16 Å². The van der Waals surface area contributed by atoms with Crippen molar-refractivity contribution in [3.8, 4) is 5.75 Å². The molecule has 0 spiro atoms. The smallest absolute Gasteiger partial charge is 0.119 e. The summed E-state index contributed by atoms with van der Waals surface area (Å²) in [6, 6.07) is 12.7. The molecule has 0 heterocycles. The van der Waals surface area contributed by atoms with Crippen LogP contribution in [0.1, 0.15) is 57.2 Å². The Morgan fingerprint density at radius 2 is 1.73 bits per heavy atom. The van der Waals surface area contributed by atoms with Gasteiger partial charge in [-0.3, -0.25) is 0 Å². The van der Waals surface area contributed by atoms with Crippen LogP contribution in [0.15, 0.2) is 36.4 Å². The van der Waals surface area contributed by atoms with Gasteiger partial charge in [0.15, 0.2) is 0 Å². The minimum Gasteiger partial charge on any atom is -0.508 e. The van der Waals surface area contributed by atoms with E-state index in [1.807, 2.05) is 12.1 Å². The van der Waals surface area contributed by atoms with Gasteiger partial charge in [0.25, 0.3) is 0 Å². The van der Waals surface area contributed by atoms with Crippen LogP contribution in [0.4, 0.5) is 5.69 Å². The van der Waals surface area contributed by atoms with E-state index in [1.54, 1.807) is 0 Å². The number of phenols is 1. The lowest BCUT2D eigenvalue weighted by Gasteiger charge is -2.34. The minimum atomic E-state index is -0.0567. The van der Waals surface area contributed by atoms with E-state index in [2.05, 4.69) is 70.7 Å². The summed E-state index contributed by atoms with van der Waals surface area (Å²) in [5, 5.41) is 12.0. The van der Waals surface area contributed by atoms with E-state index in [0.29, 0.717) is 14.3 Å². The lowest BCUT2D eigenvalue weighted by molar-refractivity contribution is 0.453. The van der Waals surface area contributed by atoms with Crippen LogP contribution in [0, 0.1) is 13.8 Å². The van der Waals surface area contributed by atoms with E-state index >= 15 is 0 Å². The van der Waals surface area contributed by atoms with Crippen molar-refractivity contribution >= 4 is 19.6 Å². The summed E-state index contributed by atoms with van der Waals surface area (Å²) in [6.07, 6.45) is 2.16. The Balaban J connectivity index is 2.56. The standard InChI is InChI=1S/C23H34NOP/c1-7-15-23(6,19-16-17(4)13-14-21(19)25)26-22-18(5)11-10-12-20(22)24(8-2)9-3/h10-14,16,25-26H,7-9,15H2,1-6H3. The number of phenolic OH excluding ortho intramolecular Hbond substituents is 1. The third-order valence-electron chi connectivity index (χ3n) is 5.25. The van der Waals surface area contributed by atoms with Crippen LogP contribution in [0.2, 0.25) is 0 Å². The number of aromatic hydroxyl groups is 1. The maximum atomic E-state index is 10.6. The van der Waals surface area contributed by atoms with Gasteiger partial charge in [0, 0.05) is 29.5 Å². The topological polar surface area (TPSA) is 23.5 Å². The summed E-state index contributed by atoms with van der Waals surface area (Å²) < 4.78 is 0. The molecule has 2 aromatic rings. The monoisotopic (exact) mass is 371 g/mol. The Morgan fingerprint density at radius 3 is 2.35 bits per heavy atom. The first-order chi connectivity index (χ1) is 12.4. The number of rotatable bonds is 8. The third kappa shape index (κ3) is 4.41. The van der Waals surface area contributed by atoms with E-state index in [0.717, 1.165) is 31.5 Å². The molecule has 26 heavy (non-hydrogen) atoms. The van der Waals surface area contributed by atoms with E-state index in [-0.39, 0.29) is 5.16 Å². The summed E-state index contributed by atoms with van der Waals surface area (Å²) >= 11 is 0. The molecule has 2 unspecified atom stereocenters. The molecule has 0 aromatic heterocycles. The van der Waals surface area contributed by atoms with Crippen molar-refractivity contribution in [2.24, 2.45) is 0 Å². The summed E-state index contributed by atoms with van der Waals surface area (Å²) in [6.45, 7) is 15.3. The number of hydrogen-bond acceptors (Lipinski definition) is 2. The molecule has 2 atom stereocenters. The predicted octanol–water partition coefficient (Wildman–Crippen LogP) is 5.87. The zero-order valence-corrected chi connectivity index (χ0v) is 18.2. The molecule has 3 heteroatoms. The van der Waals surface area contributed by atoms with Crippen LogP contribution in [0.3, 0.4) is 0 Å². The van der Waals surface area contributed by atoms with E-state index < -0.39 is 0 Å². The lowest BCUT2D eigenvalue weighted by Crippen LogP contribution is -2.29. The molecular weight excluding hydrogens is 337 g/mol. The molecule has 0 radical (unpaired) electrons. The predicted molar refractivity (Wildman–Crippen MR) is 118 cm³/mol. The highest BCUT2D eigenvalue weighted by Gasteiger charge is 2.31. The first-order valence-electron chi connectivity index (χ1n) is 9.79. The second-order valence-electron chi connectivity index (χ2n) is 7.37. The third-order valence-corrected chi connectivity index (χ3v) is 7.22. The van der Waals surface area contributed by atoms with E-state index in [4.69, 9.17) is 0 Å². The number of benzene rings is 2. The van der Waals surface area contributed by atoms with Crippen molar-refractivity contribution in [2.75, 3.05) is 18.0 Å². The van der Waals surface area contributed by atoms with Crippen molar-refractivity contribution in [1.82, 2.24) is 0 Å². The van der Waals surface area contributed by atoms with Crippen molar-refractivity contribution in [3.63, 3.8) is 0 Å². The number of anilines is 1. The van der Waals surface area contributed by atoms with Crippen molar-refractivity contribution in [2.45, 2.75) is 59.5 Å². The van der Waals surface area contributed by atoms with Gasteiger partial charge in [0.2, 0.25) is 0 Å². The second kappa shape index (κ2) is 8.91. The molecular formula is C23H34NOP. The van der Waals surface area contributed by atoms with Crippen LogP contribution >= 0.6 is 8.58 Å². The Morgan fingerprint density at radius 1 is 1.04 bits per heavy atom.